The third-order valence-electron chi connectivity index (χ3n) is 9.29. The van der Waals surface area contributed by atoms with Crippen molar-refractivity contribution in [3.63, 3.8) is 0 Å². The van der Waals surface area contributed by atoms with Crippen molar-refractivity contribution in [1.82, 2.24) is 0 Å². The van der Waals surface area contributed by atoms with Crippen molar-refractivity contribution < 1.29 is 23.9 Å². The smallest absolute Gasteiger partial charge is 0.321 e. The average molecular weight is 485 g/mol. The molecule has 0 saturated heterocycles. The van der Waals surface area contributed by atoms with Crippen LogP contribution in [0.15, 0.2) is 11.6 Å². The Bertz CT molecular complexity index is 825. The van der Waals surface area contributed by atoms with E-state index in [0.29, 0.717) is 24.2 Å². The van der Waals surface area contributed by atoms with Gasteiger partial charge in [0.25, 0.3) is 0 Å². The molecule has 3 saturated carbocycles. The molecule has 8 atom stereocenters. The number of hydrogen-bond donors (Lipinski definition) is 0. The molecule has 4 rings (SSSR count). The van der Waals surface area contributed by atoms with Gasteiger partial charge in [0.2, 0.25) is 0 Å². The van der Waals surface area contributed by atoms with Gasteiger partial charge in [-0.15, -0.1) is 23.2 Å². The first-order chi connectivity index (χ1) is 15.1. The molecule has 0 N–H and O–H groups in total. The minimum Gasteiger partial charge on any atom is -0.461 e. The summed E-state index contributed by atoms with van der Waals surface area (Å²) in [7, 11) is 0. The van der Waals surface area contributed by atoms with E-state index in [-0.39, 0.29) is 58.4 Å². The summed E-state index contributed by atoms with van der Waals surface area (Å²) in [6.07, 6.45) is 8.01. The number of allylic oxidation sites excluding steroid dienone is 2. The van der Waals surface area contributed by atoms with Crippen LogP contribution in [-0.2, 0) is 23.9 Å². The Kier molecular flexibility index (Phi) is 6.72. The van der Waals surface area contributed by atoms with E-state index in [2.05, 4.69) is 19.9 Å². The highest BCUT2D eigenvalue weighted by molar-refractivity contribution is 6.26. The summed E-state index contributed by atoms with van der Waals surface area (Å²) in [6.45, 7) is 6.17. The molecule has 4 aliphatic rings. The van der Waals surface area contributed by atoms with Crippen molar-refractivity contribution >= 4 is 40.9 Å². The molecule has 0 spiro atoms. The number of ketones is 1. The lowest BCUT2D eigenvalue weighted by Crippen LogP contribution is -2.60. The molecular weight excluding hydrogens is 451 g/mol. The average Bonchev–Trinajstić information content (AvgIpc) is 3.10. The first-order valence-electron chi connectivity index (χ1n) is 11.9. The fourth-order valence-electron chi connectivity index (χ4n) is 8.06. The summed E-state index contributed by atoms with van der Waals surface area (Å²) in [6, 6.07) is 0. The maximum absolute atomic E-state index is 12.4. The fraction of sp³-hybridized carbons (Fsp3) is 0.800. The maximum Gasteiger partial charge on any atom is 0.321 e. The number of ether oxygens (including phenoxy) is 2. The second-order valence-corrected chi connectivity index (χ2v) is 11.3. The number of Topliss-reactive ketones (excluding diaryl/α,β-unsaturated/α-hetero) is 1. The Hall–Kier alpha value is -1.07. The summed E-state index contributed by atoms with van der Waals surface area (Å²) in [5.41, 5.74) is 0.627. The predicted octanol–water partition coefficient (Wildman–Crippen LogP) is 5.07. The van der Waals surface area contributed by atoms with Crippen molar-refractivity contribution in [3.05, 3.63) is 11.6 Å². The first kappa shape index (κ1) is 24.1. The minimum absolute atomic E-state index is 0.00957. The van der Waals surface area contributed by atoms with Crippen LogP contribution >= 0.6 is 23.2 Å². The molecule has 0 aromatic rings. The molecule has 0 amide bonds. The van der Waals surface area contributed by atoms with Gasteiger partial charge in [0.15, 0.2) is 5.78 Å². The number of esters is 2. The van der Waals surface area contributed by atoms with E-state index >= 15 is 0 Å². The molecule has 3 fully saturated rings. The SMILES string of the molecule is CC(=O)C1=CC[C@H]2[C@@H]3CCC4CC(OC(=O)CCl)CC[C@]4(C)[C@H]3C(OC(=O)CCl)C[C@]12C. The topological polar surface area (TPSA) is 69.7 Å². The van der Waals surface area contributed by atoms with Gasteiger partial charge in [0, 0.05) is 11.3 Å². The van der Waals surface area contributed by atoms with E-state index in [0.717, 1.165) is 44.1 Å². The highest BCUT2D eigenvalue weighted by Gasteiger charge is 2.63. The zero-order chi connectivity index (χ0) is 23.3. The molecular formula is C25H34Cl2O5. The van der Waals surface area contributed by atoms with E-state index in [1.165, 1.54) is 0 Å². The Morgan fingerprint density at radius 3 is 2.41 bits per heavy atom. The van der Waals surface area contributed by atoms with E-state index in [1.807, 2.05) is 0 Å². The molecule has 178 valence electrons. The Morgan fingerprint density at radius 1 is 1.06 bits per heavy atom. The largest absolute Gasteiger partial charge is 0.461 e. The summed E-state index contributed by atoms with van der Waals surface area (Å²) in [4.78, 5) is 36.5. The van der Waals surface area contributed by atoms with Crippen molar-refractivity contribution in [1.29, 1.82) is 0 Å². The number of hydrogen-bond acceptors (Lipinski definition) is 5. The lowest BCUT2D eigenvalue weighted by molar-refractivity contribution is -0.194. The Labute approximate surface area is 200 Å². The van der Waals surface area contributed by atoms with Crippen LogP contribution in [0.2, 0.25) is 0 Å². The second kappa shape index (κ2) is 8.94. The highest BCUT2D eigenvalue weighted by atomic mass is 35.5. The van der Waals surface area contributed by atoms with Crippen LogP contribution in [0.25, 0.3) is 0 Å². The second-order valence-electron chi connectivity index (χ2n) is 10.8. The van der Waals surface area contributed by atoms with Gasteiger partial charge >= 0.3 is 11.9 Å². The van der Waals surface area contributed by atoms with Gasteiger partial charge in [-0.05, 0) is 80.6 Å². The van der Waals surface area contributed by atoms with Crippen LogP contribution < -0.4 is 0 Å². The number of carbonyl (C=O) groups excluding carboxylic acids is 3. The summed E-state index contributed by atoms with van der Waals surface area (Å²) < 4.78 is 11.6. The van der Waals surface area contributed by atoms with Gasteiger partial charge in [0.1, 0.15) is 24.0 Å². The molecule has 4 aliphatic carbocycles. The minimum atomic E-state index is -0.390. The van der Waals surface area contributed by atoms with Gasteiger partial charge in [0.05, 0.1) is 0 Å². The molecule has 0 aromatic heterocycles. The van der Waals surface area contributed by atoms with Crippen LogP contribution in [0.4, 0.5) is 0 Å². The zero-order valence-electron chi connectivity index (χ0n) is 19.2. The van der Waals surface area contributed by atoms with Gasteiger partial charge in [-0.2, -0.15) is 0 Å². The van der Waals surface area contributed by atoms with E-state index in [9.17, 15) is 14.4 Å². The molecule has 0 heterocycles. The molecule has 0 aliphatic heterocycles. The predicted molar refractivity (Wildman–Crippen MR) is 122 cm³/mol. The normalized spacial score (nSPS) is 42.7. The Morgan fingerprint density at radius 2 is 1.75 bits per heavy atom. The molecule has 3 unspecified atom stereocenters. The first-order valence-corrected chi connectivity index (χ1v) is 12.9. The number of halogens is 2. The van der Waals surface area contributed by atoms with Gasteiger partial charge in [-0.25, -0.2) is 0 Å². The number of alkyl halides is 2. The van der Waals surface area contributed by atoms with Gasteiger partial charge < -0.3 is 9.47 Å². The third kappa shape index (κ3) is 3.91. The van der Waals surface area contributed by atoms with Crippen molar-refractivity contribution in [2.24, 2.45) is 34.5 Å². The standard InChI is InChI=1S/C25H34Cl2O5/c1-14(28)18-6-7-19-17-5-4-15-10-16(31-21(29)12-26)8-9-24(15,2)23(17)20(11-25(18,19)3)32-22(30)13-27/h6,15-17,19-20,23H,4-5,7-13H2,1-3H3/t15?,16?,17-,19-,20?,23+,24-,25+/m0/s1. The third-order valence-corrected chi connectivity index (χ3v) is 9.72. The van der Waals surface area contributed by atoms with Crippen LogP contribution in [-0.4, -0.2) is 41.7 Å². The van der Waals surface area contributed by atoms with Gasteiger partial charge in [-0.3, -0.25) is 14.4 Å². The fourth-order valence-corrected chi connectivity index (χ4v) is 8.18. The van der Waals surface area contributed by atoms with E-state index in [1.54, 1.807) is 6.92 Å². The molecule has 7 heteroatoms. The number of fused-ring (bicyclic) bond motifs is 5. The van der Waals surface area contributed by atoms with Crippen molar-refractivity contribution in [3.8, 4) is 0 Å². The van der Waals surface area contributed by atoms with Crippen LogP contribution in [0.1, 0.15) is 65.7 Å². The molecule has 5 nitrogen and oxygen atoms in total. The highest BCUT2D eigenvalue weighted by Crippen LogP contribution is 2.67. The zero-order valence-corrected chi connectivity index (χ0v) is 20.7. The quantitative estimate of drug-likeness (QED) is 0.402. The lowest BCUT2D eigenvalue weighted by atomic mass is 9.44. The van der Waals surface area contributed by atoms with Crippen LogP contribution in [0.5, 0.6) is 0 Å². The lowest BCUT2D eigenvalue weighted by Gasteiger charge is -2.62. The van der Waals surface area contributed by atoms with Gasteiger partial charge in [-0.1, -0.05) is 19.9 Å². The number of carbonyl (C=O) groups is 3. The monoisotopic (exact) mass is 484 g/mol. The summed E-state index contributed by atoms with van der Waals surface area (Å²) >= 11 is 11.5. The van der Waals surface area contributed by atoms with Crippen LogP contribution in [0.3, 0.4) is 0 Å². The Balaban J connectivity index is 1.64. The molecule has 32 heavy (non-hydrogen) atoms. The number of rotatable bonds is 5. The van der Waals surface area contributed by atoms with Crippen molar-refractivity contribution in [2.75, 3.05) is 11.8 Å². The molecule has 0 aromatic carbocycles. The molecule has 0 bridgehead atoms. The summed E-state index contributed by atoms with van der Waals surface area (Å²) in [5.74, 6) is 0.484. The van der Waals surface area contributed by atoms with E-state index < -0.39 is 0 Å². The maximum atomic E-state index is 12.4. The van der Waals surface area contributed by atoms with Crippen molar-refractivity contribution in [2.45, 2.75) is 77.9 Å². The van der Waals surface area contributed by atoms with E-state index in [4.69, 9.17) is 32.7 Å². The summed E-state index contributed by atoms with van der Waals surface area (Å²) in [5, 5.41) is 0. The van der Waals surface area contributed by atoms with Crippen LogP contribution in [0, 0.1) is 34.5 Å². The molecule has 0 radical (unpaired) electrons.